The normalized spacial score (nSPS) is 13.6. The summed E-state index contributed by atoms with van der Waals surface area (Å²) in [7, 11) is 0. The van der Waals surface area contributed by atoms with Gasteiger partial charge in [0.15, 0.2) is 11.5 Å². The van der Waals surface area contributed by atoms with Crippen molar-refractivity contribution in [3.63, 3.8) is 0 Å². The van der Waals surface area contributed by atoms with Crippen LogP contribution in [0.1, 0.15) is 37.6 Å². The van der Waals surface area contributed by atoms with Crippen molar-refractivity contribution < 1.29 is 4.39 Å². The van der Waals surface area contributed by atoms with E-state index in [1.54, 1.807) is 16.8 Å². The van der Waals surface area contributed by atoms with Crippen molar-refractivity contribution in [3.05, 3.63) is 82.2 Å². The molecule has 4 aromatic rings. The minimum atomic E-state index is -0.377. The van der Waals surface area contributed by atoms with Crippen LogP contribution < -0.4 is 16.2 Å². The highest BCUT2D eigenvalue weighted by Crippen LogP contribution is 2.26. The molecule has 3 aromatic heterocycles. The van der Waals surface area contributed by atoms with E-state index in [0.717, 1.165) is 29.8 Å². The minimum absolute atomic E-state index is 0.177. The molecule has 0 bridgehead atoms. The summed E-state index contributed by atoms with van der Waals surface area (Å²) in [6.45, 7) is 11.8. The van der Waals surface area contributed by atoms with Crippen LogP contribution in [-0.4, -0.2) is 30.9 Å². The van der Waals surface area contributed by atoms with Crippen molar-refractivity contribution in [1.29, 1.82) is 0 Å². The standard InChI is InChI=1S/C26H28FN7O/c1-5-11-33-24(35)18-15-29-25(30-20-13-16-9-10-28-14-17(16)12-19(20)27)32-23(18)34(33)22-8-6-7-21(31-22)26(2,3)4/h5-8,12-13,15,28H,1,9-11,14H2,2-4H3,(H,29,30,32). The Labute approximate surface area is 202 Å². The summed E-state index contributed by atoms with van der Waals surface area (Å²) < 4.78 is 18.0. The van der Waals surface area contributed by atoms with Gasteiger partial charge in [-0.25, -0.2) is 23.7 Å². The van der Waals surface area contributed by atoms with Gasteiger partial charge in [-0.05, 0) is 48.4 Å². The summed E-state index contributed by atoms with van der Waals surface area (Å²) in [5.74, 6) is 0.377. The number of hydrogen-bond donors (Lipinski definition) is 2. The Bertz CT molecular complexity index is 1500. The molecule has 1 aromatic carbocycles. The first kappa shape index (κ1) is 22.9. The first-order chi connectivity index (χ1) is 16.8. The molecule has 0 spiro atoms. The third-order valence-corrected chi connectivity index (χ3v) is 6.12. The Balaban J connectivity index is 1.64. The molecule has 0 radical (unpaired) electrons. The molecule has 2 N–H and O–H groups in total. The number of allylic oxidation sites excluding steroid dienone is 1. The second-order valence-corrected chi connectivity index (χ2v) is 9.70. The SMILES string of the molecule is C=CCn1c(=O)c2cnc(Nc3cc4c(cc3F)CNCC4)nc2n1-c1cccc(C(C)(C)C)n1. The van der Waals surface area contributed by atoms with E-state index in [4.69, 9.17) is 4.98 Å². The van der Waals surface area contributed by atoms with Crippen LogP contribution in [-0.2, 0) is 24.9 Å². The van der Waals surface area contributed by atoms with Crippen LogP contribution in [0.4, 0.5) is 16.0 Å². The molecule has 1 aliphatic heterocycles. The minimum Gasteiger partial charge on any atom is -0.322 e. The molecule has 0 saturated carbocycles. The van der Waals surface area contributed by atoms with Crippen molar-refractivity contribution in [2.24, 2.45) is 0 Å². The van der Waals surface area contributed by atoms with Gasteiger partial charge in [-0.3, -0.25) is 4.79 Å². The molecule has 8 nitrogen and oxygen atoms in total. The highest BCUT2D eigenvalue weighted by Gasteiger charge is 2.21. The molecule has 1 aliphatic rings. The number of anilines is 2. The van der Waals surface area contributed by atoms with Crippen molar-refractivity contribution >= 4 is 22.7 Å². The van der Waals surface area contributed by atoms with Crippen molar-refractivity contribution in [2.45, 2.75) is 45.7 Å². The number of benzene rings is 1. The van der Waals surface area contributed by atoms with Crippen LogP contribution >= 0.6 is 0 Å². The lowest BCUT2D eigenvalue weighted by molar-refractivity contribution is 0.554. The van der Waals surface area contributed by atoms with E-state index in [-0.39, 0.29) is 29.3 Å². The Kier molecular flexibility index (Phi) is 5.72. The number of nitrogens with zero attached hydrogens (tertiary/aromatic N) is 5. The molecule has 0 amide bonds. The number of aromatic nitrogens is 5. The van der Waals surface area contributed by atoms with Crippen LogP contribution in [0.3, 0.4) is 0 Å². The molecule has 180 valence electrons. The molecular weight excluding hydrogens is 445 g/mol. The first-order valence-electron chi connectivity index (χ1n) is 11.6. The number of fused-ring (bicyclic) bond motifs is 2. The lowest BCUT2D eigenvalue weighted by Gasteiger charge is -2.19. The fourth-order valence-corrected chi connectivity index (χ4v) is 4.29. The molecule has 9 heteroatoms. The van der Waals surface area contributed by atoms with Gasteiger partial charge in [-0.15, -0.1) is 6.58 Å². The van der Waals surface area contributed by atoms with E-state index in [9.17, 15) is 9.18 Å². The zero-order valence-corrected chi connectivity index (χ0v) is 20.1. The van der Waals surface area contributed by atoms with Crippen LogP contribution in [0, 0.1) is 5.82 Å². The molecule has 0 atom stereocenters. The number of rotatable bonds is 5. The lowest BCUT2D eigenvalue weighted by atomic mass is 9.92. The van der Waals surface area contributed by atoms with Gasteiger partial charge in [0.25, 0.3) is 5.56 Å². The van der Waals surface area contributed by atoms with Gasteiger partial charge in [-0.1, -0.05) is 32.9 Å². The second kappa shape index (κ2) is 8.74. The van der Waals surface area contributed by atoms with Gasteiger partial charge in [0.05, 0.1) is 12.2 Å². The summed E-state index contributed by atoms with van der Waals surface area (Å²) in [5, 5.41) is 6.60. The largest absolute Gasteiger partial charge is 0.322 e. The van der Waals surface area contributed by atoms with Gasteiger partial charge in [0.2, 0.25) is 5.95 Å². The Morgan fingerprint density at radius 1 is 1.23 bits per heavy atom. The second-order valence-electron chi connectivity index (χ2n) is 9.70. The molecule has 0 fully saturated rings. The van der Waals surface area contributed by atoms with Crippen LogP contribution in [0.5, 0.6) is 0 Å². The van der Waals surface area contributed by atoms with Crippen molar-refractivity contribution in [3.8, 4) is 5.82 Å². The van der Waals surface area contributed by atoms with Crippen molar-refractivity contribution in [2.75, 3.05) is 11.9 Å². The first-order valence-corrected chi connectivity index (χ1v) is 11.6. The van der Waals surface area contributed by atoms with E-state index in [1.807, 2.05) is 24.3 Å². The molecule has 0 saturated heterocycles. The lowest BCUT2D eigenvalue weighted by Crippen LogP contribution is -2.23. The maximum Gasteiger partial charge on any atom is 0.278 e. The summed E-state index contributed by atoms with van der Waals surface area (Å²) >= 11 is 0. The van der Waals surface area contributed by atoms with Gasteiger partial charge < -0.3 is 10.6 Å². The zero-order chi connectivity index (χ0) is 24.7. The monoisotopic (exact) mass is 473 g/mol. The fraction of sp³-hybridized carbons (Fsp3) is 0.308. The van der Waals surface area contributed by atoms with Crippen molar-refractivity contribution in [1.82, 2.24) is 29.6 Å². The summed E-state index contributed by atoms with van der Waals surface area (Å²) in [4.78, 5) is 26.9. The summed E-state index contributed by atoms with van der Waals surface area (Å²) in [6.07, 6.45) is 3.94. The van der Waals surface area contributed by atoms with E-state index in [2.05, 4.69) is 48.0 Å². The number of pyridine rings is 1. The van der Waals surface area contributed by atoms with Crippen LogP contribution in [0.2, 0.25) is 0 Å². The predicted molar refractivity (Wildman–Crippen MR) is 135 cm³/mol. The number of hydrogen-bond acceptors (Lipinski definition) is 6. The molecule has 35 heavy (non-hydrogen) atoms. The molecule has 5 rings (SSSR count). The Morgan fingerprint density at radius 3 is 2.83 bits per heavy atom. The maximum atomic E-state index is 14.8. The molecular formula is C26H28FN7O. The summed E-state index contributed by atoms with van der Waals surface area (Å²) in [5.41, 5.74) is 3.19. The smallest absolute Gasteiger partial charge is 0.278 e. The average Bonchev–Trinajstić information content (AvgIpc) is 3.10. The Hall–Kier alpha value is -3.85. The van der Waals surface area contributed by atoms with Gasteiger partial charge >= 0.3 is 0 Å². The van der Waals surface area contributed by atoms with Gasteiger partial charge in [-0.2, -0.15) is 4.98 Å². The predicted octanol–water partition coefficient (Wildman–Crippen LogP) is 3.99. The van der Waals surface area contributed by atoms with E-state index >= 15 is 0 Å². The van der Waals surface area contributed by atoms with Crippen LogP contribution in [0.15, 0.2) is 54.0 Å². The molecule has 0 aliphatic carbocycles. The zero-order valence-electron chi connectivity index (χ0n) is 20.1. The third kappa shape index (κ3) is 4.23. The third-order valence-electron chi connectivity index (χ3n) is 6.12. The maximum absolute atomic E-state index is 14.8. The van der Waals surface area contributed by atoms with E-state index in [1.165, 1.54) is 10.9 Å². The molecule has 0 unspecified atom stereocenters. The Morgan fingerprint density at radius 2 is 2.06 bits per heavy atom. The number of nitrogens with one attached hydrogen (secondary N) is 2. The van der Waals surface area contributed by atoms with Gasteiger partial charge in [0.1, 0.15) is 11.2 Å². The van der Waals surface area contributed by atoms with E-state index in [0.29, 0.717) is 29.1 Å². The quantitative estimate of drug-likeness (QED) is 0.426. The topological polar surface area (TPSA) is 89.7 Å². The summed E-state index contributed by atoms with van der Waals surface area (Å²) in [6, 6.07) is 9.06. The van der Waals surface area contributed by atoms with E-state index < -0.39 is 0 Å². The highest BCUT2D eigenvalue weighted by atomic mass is 19.1. The highest BCUT2D eigenvalue weighted by molar-refractivity contribution is 5.77. The molecule has 4 heterocycles. The fourth-order valence-electron chi connectivity index (χ4n) is 4.29. The number of halogens is 1. The van der Waals surface area contributed by atoms with Crippen LogP contribution in [0.25, 0.3) is 16.9 Å². The average molecular weight is 474 g/mol. The van der Waals surface area contributed by atoms with Gasteiger partial charge in [0, 0.05) is 23.9 Å².